The molecule has 9 atom stereocenters. The lowest BCUT2D eigenvalue weighted by Gasteiger charge is -2.36. The number of nitrogens with one attached hydrogen (secondary N) is 5. The van der Waals surface area contributed by atoms with Crippen molar-refractivity contribution in [3.63, 3.8) is 0 Å². The third-order valence-electron chi connectivity index (χ3n) is 16.8. The van der Waals surface area contributed by atoms with E-state index < -0.39 is 5.60 Å². The third kappa shape index (κ3) is 15.9. The zero-order valence-corrected chi connectivity index (χ0v) is 50.6. The Morgan fingerprint density at radius 2 is 0.805 bits per heavy atom. The first-order valence-electron chi connectivity index (χ1n) is 30.6. The predicted octanol–water partition coefficient (Wildman–Crippen LogP) is 10.8. The van der Waals surface area contributed by atoms with Gasteiger partial charge in [-0.15, -0.1) is 0 Å². The fourth-order valence-electron chi connectivity index (χ4n) is 12.1. The molecule has 9 unspecified atom stereocenters. The van der Waals surface area contributed by atoms with Crippen LogP contribution >= 0.6 is 0 Å². The first-order valence-corrected chi connectivity index (χ1v) is 30.6. The SMILES string of the molecule is CC(C)C1CN[B]O1.CC1N[B]OC1(c1ccccc1)c1ccccc1.CC1N[B]OC1c1ccccc1.CC1N[B]OC1c1ccccc1.[B]1NC(c2ccccc2)C(c2ccccc2)O1.[B]1OC(c2ccccc2)(c2ccccc2)C2CCCN12. The Hall–Kier alpha value is -6.33. The van der Waals surface area contributed by atoms with E-state index in [0.717, 1.165) is 13.1 Å². The van der Waals surface area contributed by atoms with Crippen LogP contribution in [0.25, 0.3) is 0 Å². The van der Waals surface area contributed by atoms with Crippen LogP contribution in [-0.4, -0.2) is 93.9 Å². The molecular weight excluding hydrogens is 1070 g/mol. The van der Waals surface area contributed by atoms with Gasteiger partial charge in [-0.1, -0.05) is 257 Å². The molecule has 7 fully saturated rings. The van der Waals surface area contributed by atoms with Gasteiger partial charge in [-0.2, -0.15) is 0 Å². The molecule has 8 aromatic rings. The molecule has 0 spiro atoms. The van der Waals surface area contributed by atoms with Crippen molar-refractivity contribution in [3.05, 3.63) is 287 Å². The molecule has 0 bridgehead atoms. The van der Waals surface area contributed by atoms with Gasteiger partial charge in [-0.05, 0) is 90.6 Å². The molecule has 7 saturated heterocycles. The molecule has 7 heterocycles. The second kappa shape index (κ2) is 32.2. The van der Waals surface area contributed by atoms with Crippen molar-refractivity contribution >= 4 is 45.7 Å². The van der Waals surface area contributed by atoms with Crippen LogP contribution < -0.4 is 26.1 Å². The lowest BCUT2D eigenvalue weighted by atomic mass is 9.79. The number of benzene rings is 8. The fourth-order valence-corrected chi connectivity index (χ4v) is 12.1. The molecule has 5 N–H and O–H groups in total. The summed E-state index contributed by atoms with van der Waals surface area (Å²) in [5.41, 5.74) is 8.96. The lowest BCUT2D eigenvalue weighted by molar-refractivity contribution is 0.109. The summed E-state index contributed by atoms with van der Waals surface area (Å²) >= 11 is 0. The molecular formula is C69H78B6N6O6. The number of hydrogen-bond acceptors (Lipinski definition) is 12. The van der Waals surface area contributed by atoms with E-state index in [2.05, 4.69) is 235 Å². The van der Waals surface area contributed by atoms with E-state index in [0.29, 0.717) is 30.1 Å². The number of hydrogen-bond donors (Lipinski definition) is 5. The van der Waals surface area contributed by atoms with Crippen molar-refractivity contribution in [1.29, 1.82) is 0 Å². The second-order valence-electron chi connectivity index (χ2n) is 22.8. The van der Waals surface area contributed by atoms with Gasteiger partial charge in [0.1, 0.15) is 11.2 Å². The highest BCUT2D eigenvalue weighted by molar-refractivity contribution is 6.26. The molecule has 6 radical (unpaired) electrons. The highest BCUT2D eigenvalue weighted by Crippen LogP contribution is 2.47. The van der Waals surface area contributed by atoms with E-state index in [1.165, 1.54) is 57.3 Å². The summed E-state index contributed by atoms with van der Waals surface area (Å²) in [5.74, 6) is 0.626. The molecule has 7 aliphatic heterocycles. The first-order chi connectivity index (χ1) is 42.8. The van der Waals surface area contributed by atoms with Gasteiger partial charge in [0.2, 0.25) is 0 Å². The monoisotopic (exact) mass is 1150 g/mol. The maximum absolute atomic E-state index is 6.28. The van der Waals surface area contributed by atoms with E-state index >= 15 is 0 Å². The molecule has 12 nitrogen and oxygen atoms in total. The first kappa shape index (κ1) is 63.7. The third-order valence-corrected chi connectivity index (χ3v) is 16.8. The molecule has 87 heavy (non-hydrogen) atoms. The predicted molar refractivity (Wildman–Crippen MR) is 352 cm³/mol. The highest BCUT2D eigenvalue weighted by Gasteiger charge is 2.53. The van der Waals surface area contributed by atoms with Gasteiger partial charge in [0, 0.05) is 30.7 Å². The van der Waals surface area contributed by atoms with Gasteiger partial charge in [0.15, 0.2) is 0 Å². The summed E-state index contributed by atoms with van der Waals surface area (Å²) in [6.45, 7) is 12.8. The minimum Gasteiger partial charge on any atom is -0.420 e. The summed E-state index contributed by atoms with van der Waals surface area (Å²) in [6, 6.07) is 84.7. The summed E-state index contributed by atoms with van der Waals surface area (Å²) in [4.78, 5) is 2.36. The molecule has 7 aliphatic rings. The van der Waals surface area contributed by atoms with Crippen LogP contribution in [0.3, 0.4) is 0 Å². The maximum Gasteiger partial charge on any atom is 0.400 e. The zero-order chi connectivity index (χ0) is 60.1. The largest absolute Gasteiger partial charge is 0.420 e. The minimum absolute atomic E-state index is 0.0543. The van der Waals surface area contributed by atoms with E-state index in [1.807, 2.05) is 80.4 Å². The van der Waals surface area contributed by atoms with Crippen LogP contribution in [0, 0.1) is 5.92 Å². The fraction of sp³-hybridized carbons (Fsp3) is 0.304. The van der Waals surface area contributed by atoms with Gasteiger partial charge in [-0.3, -0.25) is 0 Å². The average molecular weight is 1150 g/mol. The van der Waals surface area contributed by atoms with Crippen LogP contribution in [0.4, 0.5) is 0 Å². The Balaban J connectivity index is 0.000000118. The second-order valence-corrected chi connectivity index (χ2v) is 22.8. The highest BCUT2D eigenvalue weighted by atomic mass is 16.5. The van der Waals surface area contributed by atoms with Gasteiger partial charge in [0.25, 0.3) is 0 Å². The van der Waals surface area contributed by atoms with Gasteiger partial charge >= 0.3 is 45.7 Å². The molecule has 15 rings (SSSR count). The molecule has 0 saturated carbocycles. The zero-order valence-electron chi connectivity index (χ0n) is 50.6. The van der Waals surface area contributed by atoms with Crippen LogP contribution in [0.5, 0.6) is 0 Å². The van der Waals surface area contributed by atoms with Crippen molar-refractivity contribution in [2.75, 3.05) is 13.1 Å². The lowest BCUT2D eigenvalue weighted by Crippen LogP contribution is -2.40. The average Bonchev–Trinajstić information content (AvgIpc) is 2.34. The van der Waals surface area contributed by atoms with E-state index in [9.17, 15) is 0 Å². The Bertz CT molecular complexity index is 3020. The Morgan fingerprint density at radius 3 is 1.17 bits per heavy atom. The summed E-state index contributed by atoms with van der Waals surface area (Å²) in [7, 11) is 10.3. The van der Waals surface area contributed by atoms with Gasteiger partial charge in [0.05, 0.1) is 30.5 Å². The van der Waals surface area contributed by atoms with Crippen LogP contribution in [0.2, 0.25) is 0 Å². The quantitative estimate of drug-likeness (QED) is 0.0886. The number of rotatable bonds is 9. The van der Waals surface area contributed by atoms with Crippen LogP contribution in [0.15, 0.2) is 243 Å². The summed E-state index contributed by atoms with van der Waals surface area (Å²) < 4.78 is 33.9. The smallest absolute Gasteiger partial charge is 0.400 e. The molecule has 8 aromatic carbocycles. The van der Waals surface area contributed by atoms with Crippen molar-refractivity contribution in [2.45, 2.75) is 113 Å². The summed E-state index contributed by atoms with van der Waals surface area (Å²) in [6.07, 6.45) is 3.22. The molecule has 0 aromatic heterocycles. The Kier molecular flexibility index (Phi) is 23.6. The van der Waals surface area contributed by atoms with Gasteiger partial charge < -0.3 is 58.9 Å². The van der Waals surface area contributed by atoms with E-state index in [-0.39, 0.29) is 36.0 Å². The van der Waals surface area contributed by atoms with Crippen LogP contribution in [0.1, 0.15) is 116 Å². The summed E-state index contributed by atoms with van der Waals surface area (Å²) in [5, 5.41) is 15.8. The topological polar surface area (TPSA) is 119 Å². The Morgan fingerprint density at radius 1 is 0.414 bits per heavy atom. The standard InChI is InChI=1S/C17H17BNO.C15H15BNO.C14H13BNO.2C9H11BNO.C5H11BNO/c1-3-8-14(9-4-1)17(15-10-5-2-6-11-15)16-12-7-13-19(16)18-20-17;1-12-15(18-16-17-12,13-8-4-2-5-9-13)14-10-6-3-7-11-14;1-3-7-11(8-4-1)13-14(17-15-16-13)12-9-5-2-6-10-12;2*1-7-9(12-10-11-7)8-5-3-2-4-6-8;1-4(2)5-3-7-6-8-5/h1-6,8-11,16H,7,12-13H2;2-12,17H,1H3;1-10,13-14,16H;2*2-7,9,11H,1H3;4-5,7H,3H2,1-2H3. The minimum atomic E-state index is -0.428. The maximum atomic E-state index is 6.28. The normalized spacial score (nSPS) is 25.1. The van der Waals surface area contributed by atoms with E-state index in [1.54, 1.807) is 38.1 Å². The van der Waals surface area contributed by atoms with Crippen molar-refractivity contribution in [2.24, 2.45) is 5.92 Å². The van der Waals surface area contributed by atoms with Crippen molar-refractivity contribution < 1.29 is 27.9 Å². The number of nitrogens with zero attached hydrogens (tertiary/aromatic N) is 1. The molecule has 18 heteroatoms. The van der Waals surface area contributed by atoms with Gasteiger partial charge in [-0.25, -0.2) is 0 Å². The number of fused-ring (bicyclic) bond motifs is 1. The van der Waals surface area contributed by atoms with Crippen LogP contribution in [-0.2, 0) is 39.1 Å². The van der Waals surface area contributed by atoms with E-state index in [4.69, 9.17) is 27.9 Å². The molecule has 0 aliphatic carbocycles. The molecule has 0 amide bonds. The Labute approximate surface area is 521 Å². The molecule has 438 valence electrons. The van der Waals surface area contributed by atoms with Crippen molar-refractivity contribution in [3.8, 4) is 0 Å². The van der Waals surface area contributed by atoms with Crippen molar-refractivity contribution in [1.82, 2.24) is 30.9 Å².